The fourth-order valence-corrected chi connectivity index (χ4v) is 1.31. The Labute approximate surface area is 67.3 Å². The van der Waals surface area contributed by atoms with Crippen LogP contribution in [0.4, 0.5) is 0 Å². The zero-order chi connectivity index (χ0) is 8.27. The molecule has 0 radical (unpaired) electrons. The van der Waals surface area contributed by atoms with Gasteiger partial charge in [-0.25, -0.2) is 0 Å². The average molecular weight is 156 g/mol. The van der Waals surface area contributed by atoms with E-state index in [1.165, 1.54) is 6.42 Å². The normalized spacial score (nSPS) is 20.5. The van der Waals surface area contributed by atoms with Crippen molar-refractivity contribution in [3.8, 4) is 0 Å². The Hall–Kier alpha value is -0.570. The van der Waals surface area contributed by atoms with Crippen LogP contribution in [-0.4, -0.2) is 18.5 Å². The molecule has 0 spiro atoms. The van der Waals surface area contributed by atoms with Crippen molar-refractivity contribution in [2.45, 2.75) is 32.2 Å². The lowest BCUT2D eigenvalue weighted by Gasteiger charge is -2.30. The highest BCUT2D eigenvalue weighted by Gasteiger charge is 2.28. The van der Waals surface area contributed by atoms with Crippen molar-refractivity contribution < 1.29 is 4.79 Å². The van der Waals surface area contributed by atoms with Gasteiger partial charge in [0.25, 0.3) is 0 Å². The van der Waals surface area contributed by atoms with Crippen LogP contribution in [-0.2, 0) is 4.79 Å². The first-order valence-electron chi connectivity index (χ1n) is 4.29. The minimum Gasteiger partial charge on any atom is -0.355 e. The molecule has 3 nitrogen and oxygen atoms in total. The highest BCUT2D eigenvalue weighted by Crippen LogP contribution is 2.28. The van der Waals surface area contributed by atoms with Crippen molar-refractivity contribution >= 4 is 5.91 Å². The van der Waals surface area contributed by atoms with Gasteiger partial charge in [0.15, 0.2) is 0 Å². The number of amides is 1. The van der Waals surface area contributed by atoms with Crippen molar-refractivity contribution in [1.29, 1.82) is 0 Å². The van der Waals surface area contributed by atoms with Gasteiger partial charge >= 0.3 is 0 Å². The van der Waals surface area contributed by atoms with Gasteiger partial charge in [0.1, 0.15) is 0 Å². The molecule has 0 aromatic carbocycles. The van der Waals surface area contributed by atoms with Crippen LogP contribution in [0.1, 0.15) is 26.2 Å². The second-order valence-corrected chi connectivity index (χ2v) is 3.11. The molecule has 0 saturated heterocycles. The van der Waals surface area contributed by atoms with Gasteiger partial charge in [-0.3, -0.25) is 4.79 Å². The molecule has 0 aromatic rings. The molecule has 1 atom stereocenters. The molecule has 0 unspecified atom stereocenters. The molecule has 1 saturated carbocycles. The van der Waals surface area contributed by atoms with Crippen LogP contribution in [0.2, 0.25) is 0 Å². The van der Waals surface area contributed by atoms with Gasteiger partial charge in [-0.15, -0.1) is 0 Å². The third-order valence-electron chi connectivity index (χ3n) is 2.31. The summed E-state index contributed by atoms with van der Waals surface area (Å²) in [7, 11) is 0. The second kappa shape index (κ2) is 3.72. The van der Waals surface area contributed by atoms with Gasteiger partial charge in [-0.2, -0.15) is 0 Å². The Morgan fingerprint density at radius 1 is 1.73 bits per heavy atom. The van der Waals surface area contributed by atoms with Gasteiger partial charge in [-0.1, -0.05) is 6.42 Å². The van der Waals surface area contributed by atoms with E-state index in [0.29, 0.717) is 12.5 Å². The van der Waals surface area contributed by atoms with Crippen LogP contribution in [0.15, 0.2) is 0 Å². The number of likely N-dealkylation sites (N-methyl/N-ethyl adjacent to an activating group) is 1. The lowest BCUT2D eigenvalue weighted by molar-refractivity contribution is -0.124. The third kappa shape index (κ3) is 1.93. The Bertz CT molecular complexity index is 143. The summed E-state index contributed by atoms with van der Waals surface area (Å²) in [6, 6.07) is -0.260. The zero-order valence-electron chi connectivity index (χ0n) is 6.97. The summed E-state index contributed by atoms with van der Waals surface area (Å²) in [5, 5.41) is 2.73. The lowest BCUT2D eigenvalue weighted by atomic mass is 9.80. The predicted molar refractivity (Wildman–Crippen MR) is 44.0 cm³/mol. The SMILES string of the molecule is CCNC(=O)[C@H](N)C1CCC1. The highest BCUT2D eigenvalue weighted by molar-refractivity contribution is 5.81. The van der Waals surface area contributed by atoms with Gasteiger partial charge in [-0.05, 0) is 25.7 Å². The van der Waals surface area contributed by atoms with E-state index < -0.39 is 0 Å². The first kappa shape index (κ1) is 8.53. The minimum atomic E-state index is -0.260. The number of carbonyl (C=O) groups is 1. The number of carbonyl (C=O) groups excluding carboxylic acids is 1. The van der Waals surface area contributed by atoms with Crippen LogP contribution in [0, 0.1) is 5.92 Å². The quantitative estimate of drug-likeness (QED) is 0.615. The molecular formula is C8H16N2O. The topological polar surface area (TPSA) is 55.1 Å². The van der Waals surface area contributed by atoms with E-state index in [0.717, 1.165) is 12.8 Å². The van der Waals surface area contributed by atoms with E-state index in [4.69, 9.17) is 5.73 Å². The molecule has 3 N–H and O–H groups in total. The Morgan fingerprint density at radius 3 is 2.73 bits per heavy atom. The maximum Gasteiger partial charge on any atom is 0.237 e. The highest BCUT2D eigenvalue weighted by atomic mass is 16.2. The summed E-state index contributed by atoms with van der Waals surface area (Å²) in [5.41, 5.74) is 5.70. The largest absolute Gasteiger partial charge is 0.355 e. The smallest absolute Gasteiger partial charge is 0.237 e. The minimum absolute atomic E-state index is 0.0113. The van der Waals surface area contributed by atoms with E-state index in [-0.39, 0.29) is 11.9 Å². The van der Waals surface area contributed by atoms with E-state index in [9.17, 15) is 4.79 Å². The molecule has 0 heterocycles. The number of nitrogens with one attached hydrogen (secondary N) is 1. The van der Waals surface area contributed by atoms with Crippen molar-refractivity contribution in [2.24, 2.45) is 11.7 Å². The fraction of sp³-hybridized carbons (Fsp3) is 0.875. The predicted octanol–water partition coefficient (Wildman–Crippen LogP) is 0.250. The van der Waals surface area contributed by atoms with Crippen molar-refractivity contribution in [3.05, 3.63) is 0 Å². The summed E-state index contributed by atoms with van der Waals surface area (Å²) in [4.78, 5) is 11.1. The third-order valence-corrected chi connectivity index (χ3v) is 2.31. The van der Waals surface area contributed by atoms with Crippen LogP contribution >= 0.6 is 0 Å². The number of nitrogens with two attached hydrogens (primary N) is 1. The monoisotopic (exact) mass is 156 g/mol. The average Bonchev–Trinajstić information content (AvgIpc) is 1.84. The molecular weight excluding hydrogens is 140 g/mol. The van der Waals surface area contributed by atoms with E-state index in [2.05, 4.69) is 5.32 Å². The van der Waals surface area contributed by atoms with Crippen molar-refractivity contribution in [2.75, 3.05) is 6.54 Å². The van der Waals surface area contributed by atoms with Crippen LogP contribution < -0.4 is 11.1 Å². The van der Waals surface area contributed by atoms with Gasteiger partial charge in [0.2, 0.25) is 5.91 Å². The second-order valence-electron chi connectivity index (χ2n) is 3.11. The first-order valence-corrected chi connectivity index (χ1v) is 4.29. The van der Waals surface area contributed by atoms with Crippen molar-refractivity contribution in [3.63, 3.8) is 0 Å². The summed E-state index contributed by atoms with van der Waals surface area (Å²) >= 11 is 0. The molecule has 1 rings (SSSR count). The molecule has 0 aliphatic heterocycles. The molecule has 1 amide bonds. The first-order chi connectivity index (χ1) is 5.25. The standard InChI is InChI=1S/C8H16N2O/c1-2-10-8(11)7(9)6-4-3-5-6/h6-7H,2-5,9H2,1H3,(H,10,11)/t7-/m1/s1. The van der Waals surface area contributed by atoms with Crippen molar-refractivity contribution in [1.82, 2.24) is 5.32 Å². The van der Waals surface area contributed by atoms with Gasteiger partial charge in [0.05, 0.1) is 6.04 Å². The van der Waals surface area contributed by atoms with Gasteiger partial charge in [0, 0.05) is 6.54 Å². The Balaban J connectivity index is 2.27. The van der Waals surface area contributed by atoms with Gasteiger partial charge < -0.3 is 11.1 Å². The molecule has 11 heavy (non-hydrogen) atoms. The lowest BCUT2D eigenvalue weighted by Crippen LogP contribution is -2.47. The summed E-state index contributed by atoms with van der Waals surface area (Å²) in [5.74, 6) is 0.457. The van der Waals surface area contributed by atoms with Crippen LogP contribution in [0.5, 0.6) is 0 Å². The molecule has 1 fully saturated rings. The maximum atomic E-state index is 11.1. The summed E-state index contributed by atoms with van der Waals surface area (Å²) in [6.07, 6.45) is 3.48. The zero-order valence-corrected chi connectivity index (χ0v) is 6.97. The van der Waals surface area contributed by atoms with E-state index in [1.807, 2.05) is 6.92 Å². The van der Waals surface area contributed by atoms with Crippen LogP contribution in [0.25, 0.3) is 0 Å². The number of rotatable bonds is 3. The molecule has 3 heteroatoms. The molecule has 1 aliphatic rings. The Kier molecular flexibility index (Phi) is 2.88. The van der Waals surface area contributed by atoms with Crippen LogP contribution in [0.3, 0.4) is 0 Å². The fourth-order valence-electron chi connectivity index (χ4n) is 1.31. The number of hydrogen-bond acceptors (Lipinski definition) is 2. The molecule has 0 bridgehead atoms. The summed E-state index contributed by atoms with van der Waals surface area (Å²) < 4.78 is 0. The summed E-state index contributed by atoms with van der Waals surface area (Å²) in [6.45, 7) is 2.59. The molecule has 1 aliphatic carbocycles. The Morgan fingerprint density at radius 2 is 2.36 bits per heavy atom. The number of hydrogen-bond donors (Lipinski definition) is 2. The molecule has 0 aromatic heterocycles. The maximum absolute atomic E-state index is 11.1. The van der Waals surface area contributed by atoms with E-state index in [1.54, 1.807) is 0 Å². The molecule has 64 valence electrons. The van der Waals surface area contributed by atoms with E-state index >= 15 is 0 Å².